The summed E-state index contributed by atoms with van der Waals surface area (Å²) in [5.41, 5.74) is 7.32. The number of rotatable bonds is 7. The van der Waals surface area contributed by atoms with Gasteiger partial charge in [-0.3, -0.25) is 10.2 Å². The summed E-state index contributed by atoms with van der Waals surface area (Å²) < 4.78 is 33.2. The van der Waals surface area contributed by atoms with Gasteiger partial charge in [-0.2, -0.15) is 8.42 Å². The van der Waals surface area contributed by atoms with Crippen molar-refractivity contribution in [2.45, 2.75) is 0 Å². The van der Waals surface area contributed by atoms with E-state index in [4.69, 9.17) is 15.9 Å². The maximum atomic E-state index is 13.5. The van der Waals surface area contributed by atoms with E-state index in [0.29, 0.717) is 22.6 Å². The fraction of sp³-hybridized carbons (Fsp3) is 0.0741. The van der Waals surface area contributed by atoms with Crippen LogP contribution >= 0.6 is 0 Å². The Balaban J connectivity index is 1.87. The lowest BCUT2D eigenvalue weighted by molar-refractivity contribution is 0.0748. The molecule has 10 heteroatoms. The van der Waals surface area contributed by atoms with Crippen molar-refractivity contribution in [2.24, 2.45) is 5.73 Å². The first-order valence-electron chi connectivity index (χ1n) is 11.0. The van der Waals surface area contributed by atoms with Crippen molar-refractivity contribution in [1.82, 2.24) is 0 Å². The number of amides is 1. The standard InChI is InChI=1S/C27H23N3O6S/c1-35-20-11-12-21(24(15-20)27(32)36-37(2,33)34)22-13-17-5-3-4-6-18(17)14-23(22)26(31)30-19-9-7-16(8-10-19)25(28)29/h3-15H,1-2H3,(H3,28,29)(H,30,31). The summed E-state index contributed by atoms with van der Waals surface area (Å²) in [4.78, 5) is 26.3. The zero-order valence-corrected chi connectivity index (χ0v) is 20.8. The summed E-state index contributed by atoms with van der Waals surface area (Å²) in [7, 11) is -2.69. The van der Waals surface area contributed by atoms with Gasteiger partial charge in [-0.05, 0) is 76.5 Å². The van der Waals surface area contributed by atoms with Crippen LogP contribution in [0.2, 0.25) is 0 Å². The third-order valence-electron chi connectivity index (χ3n) is 5.55. The average molecular weight is 518 g/mol. The molecule has 1 amide bonds. The maximum Gasteiger partial charge on any atom is 0.354 e. The fourth-order valence-corrected chi connectivity index (χ4v) is 4.18. The number of hydrogen-bond donors (Lipinski definition) is 3. The van der Waals surface area contributed by atoms with E-state index < -0.39 is 22.0 Å². The molecule has 0 aliphatic carbocycles. The number of amidine groups is 1. The van der Waals surface area contributed by atoms with Crippen molar-refractivity contribution in [3.05, 3.63) is 95.6 Å². The number of fused-ring (bicyclic) bond motifs is 1. The smallest absolute Gasteiger partial charge is 0.354 e. The Kier molecular flexibility index (Phi) is 6.94. The molecule has 0 spiro atoms. The largest absolute Gasteiger partial charge is 0.497 e. The second-order valence-electron chi connectivity index (χ2n) is 8.18. The van der Waals surface area contributed by atoms with E-state index in [0.717, 1.165) is 17.0 Å². The molecule has 0 bridgehead atoms. The molecule has 37 heavy (non-hydrogen) atoms. The molecule has 188 valence electrons. The predicted octanol–water partition coefficient (Wildman–Crippen LogP) is 4.17. The molecule has 0 radical (unpaired) electrons. The van der Waals surface area contributed by atoms with Crippen molar-refractivity contribution in [1.29, 1.82) is 5.41 Å². The van der Waals surface area contributed by atoms with Crippen LogP contribution in [-0.4, -0.2) is 39.5 Å². The van der Waals surface area contributed by atoms with Gasteiger partial charge < -0.3 is 20.0 Å². The van der Waals surface area contributed by atoms with E-state index in [1.54, 1.807) is 48.5 Å². The van der Waals surface area contributed by atoms with Crippen LogP contribution in [0.15, 0.2) is 78.9 Å². The van der Waals surface area contributed by atoms with Crippen LogP contribution in [0.25, 0.3) is 21.9 Å². The lowest BCUT2D eigenvalue weighted by Gasteiger charge is -2.16. The van der Waals surface area contributed by atoms with E-state index >= 15 is 0 Å². The number of carbonyl (C=O) groups excluding carboxylic acids is 2. The molecule has 4 N–H and O–H groups in total. The van der Waals surface area contributed by atoms with Gasteiger partial charge in [0.05, 0.1) is 18.9 Å². The Bertz CT molecular complexity index is 1650. The molecule has 0 aliphatic heterocycles. The third-order valence-corrected chi connectivity index (χ3v) is 6.00. The number of carbonyl (C=O) groups is 2. The molecule has 0 aromatic heterocycles. The molecule has 0 fully saturated rings. The Morgan fingerprint density at radius 2 is 1.51 bits per heavy atom. The van der Waals surface area contributed by atoms with Gasteiger partial charge in [-0.25, -0.2) is 4.79 Å². The first-order valence-corrected chi connectivity index (χ1v) is 12.8. The highest BCUT2D eigenvalue weighted by Gasteiger charge is 2.23. The minimum atomic E-state index is -4.10. The van der Waals surface area contributed by atoms with E-state index in [-0.39, 0.29) is 22.5 Å². The van der Waals surface area contributed by atoms with Crippen molar-refractivity contribution in [2.75, 3.05) is 18.7 Å². The van der Waals surface area contributed by atoms with Gasteiger partial charge in [0.2, 0.25) is 0 Å². The normalized spacial score (nSPS) is 11.1. The molecule has 4 aromatic carbocycles. The summed E-state index contributed by atoms with van der Waals surface area (Å²) in [6.07, 6.45) is 0.775. The molecule has 0 atom stereocenters. The SMILES string of the molecule is COc1ccc(-c2cc3ccccc3cc2C(=O)Nc2ccc(C(=N)N)cc2)c(C(=O)OS(C)(=O)=O)c1. The first-order chi connectivity index (χ1) is 17.6. The van der Waals surface area contributed by atoms with Gasteiger partial charge >= 0.3 is 16.1 Å². The summed E-state index contributed by atoms with van der Waals surface area (Å²) >= 11 is 0. The Labute approximate surface area is 213 Å². The van der Waals surface area contributed by atoms with Crippen LogP contribution in [0, 0.1) is 5.41 Å². The molecule has 0 aliphatic rings. The second kappa shape index (κ2) is 10.1. The van der Waals surface area contributed by atoms with E-state index in [1.165, 1.54) is 13.2 Å². The number of nitrogens with two attached hydrogens (primary N) is 1. The zero-order chi connectivity index (χ0) is 26.7. The molecule has 0 heterocycles. The topological polar surface area (TPSA) is 149 Å². The number of ether oxygens (including phenoxy) is 1. The van der Waals surface area contributed by atoms with Gasteiger partial charge in [0.25, 0.3) is 5.91 Å². The summed E-state index contributed by atoms with van der Waals surface area (Å²) in [6.45, 7) is 0. The quantitative estimate of drug-likeness (QED) is 0.189. The van der Waals surface area contributed by atoms with Crippen molar-refractivity contribution in [3.63, 3.8) is 0 Å². The van der Waals surface area contributed by atoms with Crippen molar-refractivity contribution >= 4 is 44.3 Å². The zero-order valence-electron chi connectivity index (χ0n) is 19.9. The highest BCUT2D eigenvalue weighted by Crippen LogP contribution is 2.34. The van der Waals surface area contributed by atoms with Gasteiger partial charge in [0, 0.05) is 16.8 Å². The predicted molar refractivity (Wildman–Crippen MR) is 142 cm³/mol. The lowest BCUT2D eigenvalue weighted by Crippen LogP contribution is -2.16. The molecule has 0 saturated carbocycles. The monoisotopic (exact) mass is 517 g/mol. The maximum absolute atomic E-state index is 13.5. The summed E-state index contributed by atoms with van der Waals surface area (Å²) in [5, 5.41) is 11.9. The van der Waals surface area contributed by atoms with Gasteiger partial charge in [0.1, 0.15) is 11.6 Å². The number of nitrogen functional groups attached to an aromatic ring is 1. The third kappa shape index (κ3) is 5.76. The average Bonchev–Trinajstić information content (AvgIpc) is 2.86. The highest BCUT2D eigenvalue weighted by molar-refractivity contribution is 7.86. The molecule has 4 aromatic rings. The van der Waals surface area contributed by atoms with E-state index in [9.17, 15) is 18.0 Å². The Morgan fingerprint density at radius 1 is 0.865 bits per heavy atom. The lowest BCUT2D eigenvalue weighted by atomic mass is 9.92. The van der Waals surface area contributed by atoms with Crippen LogP contribution in [-0.2, 0) is 14.3 Å². The van der Waals surface area contributed by atoms with Crippen molar-refractivity contribution in [3.8, 4) is 16.9 Å². The molecule has 9 nitrogen and oxygen atoms in total. The molecule has 0 unspecified atom stereocenters. The fourth-order valence-electron chi connectivity index (χ4n) is 3.82. The molecular formula is C27H23N3O6S. The van der Waals surface area contributed by atoms with Gasteiger partial charge in [-0.1, -0.05) is 24.3 Å². The van der Waals surface area contributed by atoms with E-state index in [2.05, 4.69) is 9.50 Å². The molecular weight excluding hydrogens is 494 g/mol. The number of nitrogens with one attached hydrogen (secondary N) is 2. The van der Waals surface area contributed by atoms with Crippen LogP contribution < -0.4 is 15.8 Å². The summed E-state index contributed by atoms with van der Waals surface area (Å²) in [5.74, 6) is -1.35. The van der Waals surface area contributed by atoms with E-state index in [1.807, 2.05) is 24.3 Å². The number of anilines is 1. The Hall–Kier alpha value is -4.70. The molecule has 0 saturated heterocycles. The Morgan fingerprint density at radius 3 is 2.11 bits per heavy atom. The summed E-state index contributed by atoms with van der Waals surface area (Å²) in [6, 6.07) is 21.8. The first kappa shape index (κ1) is 25.4. The minimum absolute atomic E-state index is 0.0834. The number of methoxy groups -OCH3 is 1. The van der Waals surface area contributed by atoms with Gasteiger partial charge in [-0.15, -0.1) is 0 Å². The van der Waals surface area contributed by atoms with Crippen LogP contribution in [0.3, 0.4) is 0 Å². The molecule has 4 rings (SSSR count). The van der Waals surface area contributed by atoms with Crippen LogP contribution in [0.1, 0.15) is 26.3 Å². The highest BCUT2D eigenvalue weighted by atomic mass is 32.2. The second-order valence-corrected chi connectivity index (χ2v) is 9.75. The van der Waals surface area contributed by atoms with Crippen molar-refractivity contribution < 1.29 is 26.9 Å². The van der Waals surface area contributed by atoms with Gasteiger partial charge in [0.15, 0.2) is 0 Å². The number of benzene rings is 4. The number of hydrogen-bond acceptors (Lipinski definition) is 7. The minimum Gasteiger partial charge on any atom is -0.497 e. The van der Waals surface area contributed by atoms with Crippen LogP contribution in [0.5, 0.6) is 5.75 Å². The van der Waals surface area contributed by atoms with Crippen LogP contribution in [0.4, 0.5) is 5.69 Å².